The molecule has 0 spiro atoms. The Hall–Kier alpha value is -2.84. The number of nitrogens with one attached hydrogen (secondary N) is 1. The summed E-state index contributed by atoms with van der Waals surface area (Å²) in [6, 6.07) is 5.96. The lowest BCUT2D eigenvalue weighted by atomic mass is 10.1. The number of nitrogens with zero attached hydrogens (tertiary/aromatic N) is 5. The maximum Gasteiger partial charge on any atom is 0.240 e. The van der Waals surface area contributed by atoms with Gasteiger partial charge in [-0.3, -0.25) is 19.7 Å². The number of fused-ring (bicyclic) bond motifs is 1. The molecule has 1 aliphatic heterocycles. The molecule has 2 aromatic heterocycles. The van der Waals surface area contributed by atoms with Crippen molar-refractivity contribution in [3.63, 3.8) is 0 Å². The second-order valence-corrected chi connectivity index (χ2v) is 6.83. The minimum Gasteiger partial charge on any atom is -0.376 e. The predicted molar refractivity (Wildman–Crippen MR) is 102 cm³/mol. The molecule has 3 aromatic rings. The van der Waals surface area contributed by atoms with Gasteiger partial charge in [-0.2, -0.15) is 5.10 Å². The Morgan fingerprint density at radius 2 is 2.22 bits per heavy atom. The summed E-state index contributed by atoms with van der Waals surface area (Å²) in [5, 5.41) is 7.92. The molecule has 3 heterocycles. The number of rotatable bonds is 4. The highest BCUT2D eigenvalue weighted by atomic mass is 16.5. The van der Waals surface area contributed by atoms with E-state index in [4.69, 9.17) is 4.74 Å². The predicted octanol–water partition coefficient (Wildman–Crippen LogP) is 1.69. The van der Waals surface area contributed by atoms with Crippen LogP contribution in [0.4, 0.5) is 5.95 Å². The summed E-state index contributed by atoms with van der Waals surface area (Å²) in [6.07, 6.45) is 5.64. The lowest BCUT2D eigenvalue weighted by Crippen LogP contribution is -2.44. The van der Waals surface area contributed by atoms with Gasteiger partial charge in [0, 0.05) is 43.5 Å². The van der Waals surface area contributed by atoms with Gasteiger partial charge >= 0.3 is 0 Å². The number of aromatic nitrogens is 4. The molecule has 8 nitrogen and oxygen atoms in total. The Labute approximate surface area is 157 Å². The molecule has 0 aliphatic carbocycles. The van der Waals surface area contributed by atoms with Gasteiger partial charge in [0.1, 0.15) is 0 Å². The number of morpholine rings is 1. The topological polar surface area (TPSA) is 85.2 Å². The molecule has 0 saturated carbocycles. The van der Waals surface area contributed by atoms with Gasteiger partial charge in [-0.1, -0.05) is 12.1 Å². The molecule has 1 saturated heterocycles. The lowest BCUT2D eigenvalue weighted by molar-refractivity contribution is -0.119. The Morgan fingerprint density at radius 1 is 1.33 bits per heavy atom. The van der Waals surface area contributed by atoms with E-state index in [9.17, 15) is 4.79 Å². The van der Waals surface area contributed by atoms with E-state index in [2.05, 4.69) is 25.3 Å². The van der Waals surface area contributed by atoms with Crippen molar-refractivity contribution in [2.24, 2.45) is 7.05 Å². The first kappa shape index (κ1) is 17.6. The number of carbonyl (C=O) groups excluding carboxylic acids is 1. The molecular formula is C19H22N6O2. The molecule has 0 radical (unpaired) electrons. The molecule has 1 aliphatic rings. The largest absolute Gasteiger partial charge is 0.376 e. The van der Waals surface area contributed by atoms with E-state index < -0.39 is 0 Å². The van der Waals surface area contributed by atoms with Crippen LogP contribution in [-0.2, 0) is 16.6 Å². The van der Waals surface area contributed by atoms with Crippen molar-refractivity contribution in [1.82, 2.24) is 24.6 Å². The van der Waals surface area contributed by atoms with Crippen LogP contribution in [-0.4, -0.2) is 62.9 Å². The van der Waals surface area contributed by atoms with E-state index >= 15 is 0 Å². The molecule has 8 heteroatoms. The van der Waals surface area contributed by atoms with Crippen LogP contribution in [0.2, 0.25) is 0 Å². The fourth-order valence-corrected chi connectivity index (χ4v) is 3.23. The maximum absolute atomic E-state index is 12.3. The van der Waals surface area contributed by atoms with Crippen molar-refractivity contribution >= 4 is 22.8 Å². The summed E-state index contributed by atoms with van der Waals surface area (Å²) in [4.78, 5) is 23.2. The Balaban J connectivity index is 1.49. The second kappa shape index (κ2) is 7.42. The number of anilines is 1. The summed E-state index contributed by atoms with van der Waals surface area (Å²) in [5.74, 6) is 0.198. The third-order valence-corrected chi connectivity index (χ3v) is 4.56. The quantitative estimate of drug-likeness (QED) is 0.756. The standard InChI is InChI=1S/C19H22N6O2/c1-13-10-25(5-6-27-13)12-18(26)23-19-20-8-15-4-3-14(7-17(15)22-19)16-9-21-24(2)11-16/h3-4,7-9,11,13H,5-6,10,12H2,1-2H3,(H,20,22,23,26)/t13-/m0/s1. The average Bonchev–Trinajstić information content (AvgIpc) is 3.07. The molecule has 0 unspecified atom stereocenters. The van der Waals surface area contributed by atoms with Crippen LogP contribution in [0.3, 0.4) is 0 Å². The Bertz CT molecular complexity index is 970. The number of ether oxygens (including phenoxy) is 1. The molecule has 1 aromatic carbocycles. The van der Waals surface area contributed by atoms with Crippen LogP contribution < -0.4 is 5.32 Å². The van der Waals surface area contributed by atoms with E-state index in [1.807, 2.05) is 44.6 Å². The fourth-order valence-electron chi connectivity index (χ4n) is 3.23. The van der Waals surface area contributed by atoms with Gasteiger partial charge in [-0.05, 0) is 18.6 Å². The van der Waals surface area contributed by atoms with Crippen molar-refractivity contribution < 1.29 is 9.53 Å². The van der Waals surface area contributed by atoms with Gasteiger partial charge in [0.25, 0.3) is 0 Å². The van der Waals surface area contributed by atoms with Gasteiger partial charge in [-0.25, -0.2) is 9.97 Å². The lowest BCUT2D eigenvalue weighted by Gasteiger charge is -2.30. The fraction of sp³-hybridized carbons (Fsp3) is 0.368. The first-order valence-electron chi connectivity index (χ1n) is 8.96. The zero-order chi connectivity index (χ0) is 18.8. The third-order valence-electron chi connectivity index (χ3n) is 4.56. The van der Waals surface area contributed by atoms with E-state index in [0.717, 1.165) is 35.1 Å². The summed E-state index contributed by atoms with van der Waals surface area (Å²) >= 11 is 0. The Morgan fingerprint density at radius 3 is 3.00 bits per heavy atom. The van der Waals surface area contributed by atoms with E-state index in [1.54, 1.807) is 10.9 Å². The zero-order valence-corrected chi connectivity index (χ0v) is 15.4. The van der Waals surface area contributed by atoms with E-state index in [1.165, 1.54) is 0 Å². The maximum atomic E-state index is 12.3. The molecule has 1 amide bonds. The molecule has 27 heavy (non-hydrogen) atoms. The van der Waals surface area contributed by atoms with Crippen LogP contribution >= 0.6 is 0 Å². The number of hydrogen-bond acceptors (Lipinski definition) is 6. The minimum absolute atomic E-state index is 0.119. The number of amides is 1. The van der Waals surface area contributed by atoms with Gasteiger partial charge in [0.2, 0.25) is 11.9 Å². The van der Waals surface area contributed by atoms with E-state index in [-0.39, 0.29) is 12.0 Å². The first-order chi connectivity index (χ1) is 13.1. The highest BCUT2D eigenvalue weighted by Gasteiger charge is 2.19. The average molecular weight is 366 g/mol. The van der Waals surface area contributed by atoms with Gasteiger partial charge in [0.05, 0.1) is 31.0 Å². The summed E-state index contributed by atoms with van der Waals surface area (Å²) in [6.45, 7) is 4.48. The van der Waals surface area contributed by atoms with Crippen LogP contribution in [0.5, 0.6) is 0 Å². The van der Waals surface area contributed by atoms with Crippen molar-refractivity contribution in [3.05, 3.63) is 36.8 Å². The Kier molecular flexibility index (Phi) is 4.83. The van der Waals surface area contributed by atoms with Crippen LogP contribution in [0.1, 0.15) is 6.92 Å². The molecule has 1 fully saturated rings. The normalized spacial score (nSPS) is 17.9. The summed E-state index contributed by atoms with van der Waals surface area (Å²) in [5.41, 5.74) is 2.82. The van der Waals surface area contributed by atoms with Crippen molar-refractivity contribution in [3.8, 4) is 11.1 Å². The summed E-state index contributed by atoms with van der Waals surface area (Å²) < 4.78 is 7.26. The molecular weight excluding hydrogens is 344 g/mol. The summed E-state index contributed by atoms with van der Waals surface area (Å²) in [7, 11) is 1.88. The van der Waals surface area contributed by atoms with Crippen molar-refractivity contribution in [2.75, 3.05) is 31.6 Å². The highest BCUT2D eigenvalue weighted by Crippen LogP contribution is 2.23. The minimum atomic E-state index is -0.119. The number of hydrogen-bond donors (Lipinski definition) is 1. The van der Waals surface area contributed by atoms with E-state index in [0.29, 0.717) is 19.1 Å². The van der Waals surface area contributed by atoms with Gasteiger partial charge in [0.15, 0.2) is 0 Å². The first-order valence-corrected chi connectivity index (χ1v) is 8.96. The zero-order valence-electron chi connectivity index (χ0n) is 15.4. The second-order valence-electron chi connectivity index (χ2n) is 6.83. The molecule has 0 bridgehead atoms. The van der Waals surface area contributed by atoms with Gasteiger partial charge in [-0.15, -0.1) is 0 Å². The number of benzene rings is 1. The number of carbonyl (C=O) groups is 1. The molecule has 4 rings (SSSR count). The monoisotopic (exact) mass is 366 g/mol. The van der Waals surface area contributed by atoms with Crippen molar-refractivity contribution in [1.29, 1.82) is 0 Å². The SMILES string of the molecule is C[C@H]1CN(CC(=O)Nc2ncc3ccc(-c4cnn(C)c4)cc3n2)CCO1. The third kappa shape index (κ3) is 4.12. The van der Waals surface area contributed by atoms with Crippen LogP contribution in [0.25, 0.3) is 22.0 Å². The van der Waals surface area contributed by atoms with Crippen molar-refractivity contribution in [2.45, 2.75) is 13.0 Å². The molecule has 1 N–H and O–H groups in total. The van der Waals surface area contributed by atoms with Crippen LogP contribution in [0.15, 0.2) is 36.8 Å². The number of aryl methyl sites for hydroxylation is 1. The van der Waals surface area contributed by atoms with Gasteiger partial charge < -0.3 is 4.74 Å². The molecule has 1 atom stereocenters. The van der Waals surface area contributed by atoms with Crippen LogP contribution in [0, 0.1) is 0 Å². The molecule has 140 valence electrons. The smallest absolute Gasteiger partial charge is 0.240 e. The highest BCUT2D eigenvalue weighted by molar-refractivity contribution is 5.92.